The van der Waals surface area contributed by atoms with E-state index in [2.05, 4.69) is 11.1 Å². The Morgan fingerprint density at radius 1 is 1.54 bits per heavy atom. The van der Waals surface area contributed by atoms with Crippen LogP contribution in [0.1, 0.15) is 13.8 Å². The van der Waals surface area contributed by atoms with Gasteiger partial charge >= 0.3 is 13.8 Å². The van der Waals surface area contributed by atoms with Gasteiger partial charge in [0.05, 0.1) is 6.61 Å². The van der Waals surface area contributed by atoms with E-state index in [4.69, 9.17) is 14.9 Å². The second-order valence-electron chi connectivity index (χ2n) is 1.99. The monoisotopic (exact) mass is 212 g/mol. The van der Waals surface area contributed by atoms with Gasteiger partial charge in [-0.2, -0.15) is 0 Å². The summed E-state index contributed by atoms with van der Waals surface area (Å²) in [4.78, 5) is 25.4. The Balaban J connectivity index is 0. The van der Waals surface area contributed by atoms with E-state index < -0.39 is 13.8 Å². The number of aliphatic carboxylic acids is 1. The molecule has 0 spiro atoms. The fourth-order valence-electron chi connectivity index (χ4n) is 0.168. The van der Waals surface area contributed by atoms with E-state index in [9.17, 15) is 9.36 Å². The average Bonchev–Trinajstić information content (AvgIpc) is 1.85. The van der Waals surface area contributed by atoms with Crippen molar-refractivity contribution in [3.05, 3.63) is 12.2 Å². The number of carbonyl (C=O) groups is 1. The fourth-order valence-corrected chi connectivity index (χ4v) is 0.505. The lowest BCUT2D eigenvalue weighted by Crippen LogP contribution is -1.92. The van der Waals surface area contributed by atoms with Crippen molar-refractivity contribution in [2.75, 3.05) is 6.61 Å². The van der Waals surface area contributed by atoms with Crippen molar-refractivity contribution in [1.82, 2.24) is 0 Å². The van der Waals surface area contributed by atoms with Gasteiger partial charge in [0, 0.05) is 5.57 Å². The quantitative estimate of drug-likeness (QED) is 0.471. The minimum Gasteiger partial charge on any atom is -0.478 e. The van der Waals surface area contributed by atoms with Gasteiger partial charge in [-0.05, 0) is 13.8 Å². The van der Waals surface area contributed by atoms with Crippen LogP contribution in [0.3, 0.4) is 0 Å². The molecular weight excluding hydrogens is 199 g/mol. The summed E-state index contributed by atoms with van der Waals surface area (Å²) in [6, 6.07) is 0. The summed E-state index contributed by atoms with van der Waals surface area (Å²) in [6.07, 6.45) is 0. The topological polar surface area (TPSA) is 104 Å². The molecule has 3 N–H and O–H groups in total. The van der Waals surface area contributed by atoms with Crippen LogP contribution in [0.5, 0.6) is 0 Å². The number of rotatable bonds is 3. The molecule has 0 aromatic carbocycles. The van der Waals surface area contributed by atoms with Crippen molar-refractivity contribution < 1.29 is 28.8 Å². The van der Waals surface area contributed by atoms with E-state index in [-0.39, 0.29) is 12.2 Å². The minimum absolute atomic E-state index is 0.0459. The second kappa shape index (κ2) is 6.80. The van der Waals surface area contributed by atoms with Crippen LogP contribution in [0.15, 0.2) is 12.2 Å². The summed E-state index contributed by atoms with van der Waals surface area (Å²) in [5.74, 6) is -0.935. The normalized spacial score (nSPS) is 9.85. The molecular formula is C6H13O6P. The first-order valence-corrected chi connectivity index (χ1v) is 4.82. The molecule has 0 bridgehead atoms. The summed E-state index contributed by atoms with van der Waals surface area (Å²) in [7, 11) is -4.17. The molecule has 78 valence electrons. The third-order valence-corrected chi connectivity index (χ3v) is 1.26. The Morgan fingerprint density at radius 2 is 1.85 bits per heavy atom. The van der Waals surface area contributed by atoms with E-state index in [1.54, 1.807) is 0 Å². The molecule has 0 heterocycles. The average molecular weight is 212 g/mol. The molecule has 0 aromatic heterocycles. The van der Waals surface area contributed by atoms with Crippen LogP contribution in [0.25, 0.3) is 0 Å². The molecule has 0 radical (unpaired) electrons. The van der Waals surface area contributed by atoms with Crippen LogP contribution < -0.4 is 0 Å². The van der Waals surface area contributed by atoms with Crippen molar-refractivity contribution in [1.29, 1.82) is 0 Å². The summed E-state index contributed by atoms with van der Waals surface area (Å²) in [5.41, 5.74) is 0.176. The maximum atomic E-state index is 9.70. The van der Waals surface area contributed by atoms with E-state index in [1.807, 2.05) is 0 Å². The molecule has 0 aromatic rings. The van der Waals surface area contributed by atoms with Gasteiger partial charge < -0.3 is 14.9 Å². The van der Waals surface area contributed by atoms with Gasteiger partial charge in [0.25, 0.3) is 0 Å². The first kappa shape index (κ1) is 14.8. The van der Waals surface area contributed by atoms with Crippen molar-refractivity contribution in [3.63, 3.8) is 0 Å². The van der Waals surface area contributed by atoms with Crippen LogP contribution in [-0.2, 0) is 13.9 Å². The standard InChI is InChI=1S/C4H6O2.C2H7O4P/c1-3(2)4(5)6;1-2-6-7(3,4)5/h1H2,2H3,(H,5,6);2H2,1H3,(H2,3,4,5). The van der Waals surface area contributed by atoms with Crippen LogP contribution in [0, 0.1) is 0 Å². The first-order chi connectivity index (χ1) is 5.70. The highest BCUT2D eigenvalue weighted by Gasteiger charge is 2.10. The van der Waals surface area contributed by atoms with Gasteiger partial charge in [0.15, 0.2) is 0 Å². The zero-order valence-electron chi connectivity index (χ0n) is 7.43. The van der Waals surface area contributed by atoms with Crippen LogP contribution >= 0.6 is 7.82 Å². The summed E-state index contributed by atoms with van der Waals surface area (Å²) < 4.78 is 13.6. The van der Waals surface area contributed by atoms with Crippen LogP contribution in [-0.4, -0.2) is 27.5 Å². The molecule has 7 heteroatoms. The molecule has 0 unspecified atom stereocenters. The molecule has 13 heavy (non-hydrogen) atoms. The highest BCUT2D eigenvalue weighted by Crippen LogP contribution is 2.34. The Kier molecular flexibility index (Phi) is 7.75. The van der Waals surface area contributed by atoms with E-state index in [0.717, 1.165) is 0 Å². The van der Waals surface area contributed by atoms with Gasteiger partial charge in [-0.1, -0.05) is 6.58 Å². The lowest BCUT2D eigenvalue weighted by molar-refractivity contribution is -0.132. The molecule has 0 amide bonds. The summed E-state index contributed by atoms with van der Waals surface area (Å²) in [5, 5.41) is 7.89. The van der Waals surface area contributed by atoms with E-state index in [1.165, 1.54) is 13.8 Å². The summed E-state index contributed by atoms with van der Waals surface area (Å²) >= 11 is 0. The molecule has 0 saturated heterocycles. The van der Waals surface area contributed by atoms with Crippen molar-refractivity contribution in [2.45, 2.75) is 13.8 Å². The van der Waals surface area contributed by atoms with E-state index in [0.29, 0.717) is 0 Å². The largest absolute Gasteiger partial charge is 0.478 e. The Hall–Kier alpha value is -0.680. The van der Waals surface area contributed by atoms with E-state index >= 15 is 0 Å². The minimum atomic E-state index is -4.17. The van der Waals surface area contributed by atoms with Gasteiger partial charge in [-0.15, -0.1) is 0 Å². The summed E-state index contributed by atoms with van der Waals surface area (Å²) in [6.45, 7) is 6.16. The number of hydrogen-bond acceptors (Lipinski definition) is 3. The molecule has 0 fully saturated rings. The zero-order chi connectivity index (χ0) is 11.1. The lowest BCUT2D eigenvalue weighted by Gasteiger charge is -1.98. The molecule has 0 atom stereocenters. The third kappa shape index (κ3) is 18.4. The highest BCUT2D eigenvalue weighted by molar-refractivity contribution is 7.46. The molecule has 6 nitrogen and oxygen atoms in total. The first-order valence-electron chi connectivity index (χ1n) is 3.29. The predicted molar refractivity (Wildman–Crippen MR) is 46.1 cm³/mol. The molecule has 0 aliphatic carbocycles. The third-order valence-electron chi connectivity index (χ3n) is 0.662. The number of carboxylic acid groups (broad SMARTS) is 1. The number of carboxylic acids is 1. The maximum Gasteiger partial charge on any atom is 0.469 e. The van der Waals surface area contributed by atoms with Crippen molar-refractivity contribution in [2.24, 2.45) is 0 Å². The molecule has 0 rings (SSSR count). The SMILES string of the molecule is C=C(C)C(=O)O.CCOP(=O)(O)O. The van der Waals surface area contributed by atoms with Crippen molar-refractivity contribution >= 4 is 13.8 Å². The smallest absolute Gasteiger partial charge is 0.469 e. The Morgan fingerprint density at radius 3 is 1.85 bits per heavy atom. The maximum absolute atomic E-state index is 9.70. The second-order valence-corrected chi connectivity index (χ2v) is 3.23. The van der Waals surface area contributed by atoms with Gasteiger partial charge in [-0.3, -0.25) is 4.52 Å². The Labute approximate surface area is 76.1 Å². The fraction of sp³-hybridized carbons (Fsp3) is 0.500. The molecule has 0 aliphatic heterocycles. The van der Waals surface area contributed by atoms with Gasteiger partial charge in [0.2, 0.25) is 0 Å². The number of phosphoric acid groups is 1. The zero-order valence-corrected chi connectivity index (χ0v) is 8.32. The van der Waals surface area contributed by atoms with Crippen LogP contribution in [0.2, 0.25) is 0 Å². The van der Waals surface area contributed by atoms with Gasteiger partial charge in [-0.25, -0.2) is 9.36 Å². The highest BCUT2D eigenvalue weighted by atomic mass is 31.2. The van der Waals surface area contributed by atoms with Gasteiger partial charge in [0.1, 0.15) is 0 Å². The number of hydrogen-bond donors (Lipinski definition) is 3. The molecule has 0 saturated carbocycles. The van der Waals surface area contributed by atoms with Crippen molar-refractivity contribution in [3.8, 4) is 0 Å². The molecule has 0 aliphatic rings. The number of phosphoric ester groups is 1. The predicted octanol–water partition coefficient (Wildman–Crippen LogP) is 0.763. The lowest BCUT2D eigenvalue weighted by atomic mass is 10.4. The Bertz CT molecular complexity index is 205. The van der Waals surface area contributed by atoms with Crippen LogP contribution in [0.4, 0.5) is 0 Å².